The van der Waals surface area contributed by atoms with Crippen LogP contribution >= 0.6 is 11.8 Å². The number of aryl methyl sites for hydroxylation is 1. The smallest absolute Gasteiger partial charge is 0.387 e. The van der Waals surface area contributed by atoms with Crippen LogP contribution in [-0.4, -0.2) is 21.5 Å². The molecule has 9 heteroatoms. The molecule has 2 heterocycles. The Morgan fingerprint density at radius 3 is 2.62 bits per heavy atom. The number of hydrogen-bond acceptors (Lipinski definition) is 6. The lowest BCUT2D eigenvalue weighted by Crippen LogP contribution is -2.11. The SMILES string of the molecule is Cc1occc1-c1nnc(SCc2ccc(OC(F)F)cc2)n1N. The Kier molecular flexibility index (Phi) is 4.70. The second kappa shape index (κ2) is 6.91. The average Bonchev–Trinajstić information content (AvgIpc) is 3.12. The summed E-state index contributed by atoms with van der Waals surface area (Å²) in [6.07, 6.45) is 1.56. The van der Waals surface area contributed by atoms with Crippen LogP contribution in [-0.2, 0) is 5.75 Å². The average molecular weight is 352 g/mol. The zero-order chi connectivity index (χ0) is 17.1. The van der Waals surface area contributed by atoms with Gasteiger partial charge in [0, 0.05) is 5.75 Å². The van der Waals surface area contributed by atoms with Gasteiger partial charge in [-0.2, -0.15) is 8.78 Å². The summed E-state index contributed by atoms with van der Waals surface area (Å²) in [6.45, 7) is -1.01. The number of aromatic nitrogens is 3. The molecule has 0 spiro atoms. The molecule has 3 rings (SSSR count). The highest BCUT2D eigenvalue weighted by molar-refractivity contribution is 7.98. The van der Waals surface area contributed by atoms with Gasteiger partial charge in [-0.3, -0.25) is 0 Å². The first-order valence-corrected chi connectivity index (χ1v) is 7.94. The molecule has 2 aromatic heterocycles. The van der Waals surface area contributed by atoms with Gasteiger partial charge in [-0.15, -0.1) is 10.2 Å². The van der Waals surface area contributed by atoms with E-state index < -0.39 is 6.61 Å². The van der Waals surface area contributed by atoms with Crippen molar-refractivity contribution in [1.29, 1.82) is 0 Å². The van der Waals surface area contributed by atoms with Crippen molar-refractivity contribution >= 4 is 11.8 Å². The Morgan fingerprint density at radius 1 is 1.25 bits per heavy atom. The Hall–Kier alpha value is -2.55. The first kappa shape index (κ1) is 16.3. The summed E-state index contributed by atoms with van der Waals surface area (Å²) in [6, 6.07) is 8.19. The lowest BCUT2D eigenvalue weighted by Gasteiger charge is -2.06. The normalized spacial score (nSPS) is 11.2. The minimum atomic E-state index is -2.83. The molecule has 6 nitrogen and oxygen atoms in total. The monoisotopic (exact) mass is 352 g/mol. The predicted molar refractivity (Wildman–Crippen MR) is 85.2 cm³/mol. The van der Waals surface area contributed by atoms with Gasteiger partial charge in [0.25, 0.3) is 0 Å². The molecule has 0 aliphatic heterocycles. The van der Waals surface area contributed by atoms with E-state index in [1.807, 2.05) is 6.92 Å². The number of hydrogen-bond donors (Lipinski definition) is 1. The van der Waals surface area contributed by atoms with Gasteiger partial charge in [0.05, 0.1) is 11.8 Å². The third-order valence-corrected chi connectivity index (χ3v) is 4.29. The molecule has 0 saturated heterocycles. The summed E-state index contributed by atoms with van der Waals surface area (Å²) in [5, 5.41) is 8.69. The van der Waals surface area contributed by atoms with Gasteiger partial charge >= 0.3 is 6.61 Å². The molecule has 2 N–H and O–H groups in total. The van der Waals surface area contributed by atoms with E-state index in [0.29, 0.717) is 22.5 Å². The first-order chi connectivity index (χ1) is 11.5. The number of rotatable bonds is 6. The van der Waals surface area contributed by atoms with Gasteiger partial charge in [0.15, 0.2) is 5.82 Å². The van der Waals surface area contributed by atoms with Crippen molar-refractivity contribution in [1.82, 2.24) is 14.9 Å². The highest BCUT2D eigenvalue weighted by atomic mass is 32.2. The van der Waals surface area contributed by atoms with E-state index in [0.717, 1.165) is 11.1 Å². The number of nitrogens with two attached hydrogens (primary N) is 1. The van der Waals surface area contributed by atoms with E-state index in [1.165, 1.54) is 28.6 Å². The maximum atomic E-state index is 12.1. The van der Waals surface area contributed by atoms with Crippen molar-refractivity contribution in [3.05, 3.63) is 47.9 Å². The molecule has 0 aliphatic carbocycles. The topological polar surface area (TPSA) is 79.1 Å². The molecule has 0 bridgehead atoms. The molecule has 126 valence electrons. The lowest BCUT2D eigenvalue weighted by molar-refractivity contribution is -0.0498. The fourth-order valence-corrected chi connectivity index (χ4v) is 2.90. The summed E-state index contributed by atoms with van der Waals surface area (Å²) >= 11 is 1.39. The van der Waals surface area contributed by atoms with Crippen molar-refractivity contribution in [3.8, 4) is 17.1 Å². The van der Waals surface area contributed by atoms with Crippen LogP contribution < -0.4 is 10.6 Å². The summed E-state index contributed by atoms with van der Waals surface area (Å²) in [5.41, 5.74) is 1.70. The highest BCUT2D eigenvalue weighted by Crippen LogP contribution is 2.27. The molecular formula is C15H14F2N4O2S. The summed E-state index contributed by atoms with van der Waals surface area (Å²) in [4.78, 5) is 0. The summed E-state index contributed by atoms with van der Waals surface area (Å²) in [5.74, 6) is 7.95. The molecular weight excluding hydrogens is 338 g/mol. The number of ether oxygens (including phenoxy) is 1. The van der Waals surface area contributed by atoms with E-state index in [4.69, 9.17) is 10.3 Å². The molecule has 3 aromatic rings. The number of alkyl halides is 2. The highest BCUT2D eigenvalue weighted by Gasteiger charge is 2.15. The van der Waals surface area contributed by atoms with Crippen molar-refractivity contribution in [2.45, 2.75) is 24.4 Å². The molecule has 0 saturated carbocycles. The Bertz CT molecular complexity index is 817. The van der Waals surface area contributed by atoms with Gasteiger partial charge in [-0.1, -0.05) is 23.9 Å². The van der Waals surface area contributed by atoms with Crippen molar-refractivity contribution in [2.75, 3.05) is 5.84 Å². The number of nitrogens with zero attached hydrogens (tertiary/aromatic N) is 3. The third-order valence-electron chi connectivity index (χ3n) is 3.28. The van der Waals surface area contributed by atoms with Gasteiger partial charge < -0.3 is 15.0 Å². The van der Waals surface area contributed by atoms with Crippen LogP contribution in [0.5, 0.6) is 5.75 Å². The zero-order valence-electron chi connectivity index (χ0n) is 12.6. The molecule has 0 amide bonds. The van der Waals surface area contributed by atoms with Crippen LogP contribution in [0.25, 0.3) is 11.4 Å². The summed E-state index contributed by atoms with van der Waals surface area (Å²) in [7, 11) is 0. The van der Waals surface area contributed by atoms with Crippen LogP contribution in [0.3, 0.4) is 0 Å². The Balaban J connectivity index is 1.67. The molecule has 24 heavy (non-hydrogen) atoms. The molecule has 0 aliphatic rings. The van der Waals surface area contributed by atoms with Crippen LogP contribution in [0.1, 0.15) is 11.3 Å². The van der Waals surface area contributed by atoms with Crippen LogP contribution in [0, 0.1) is 6.92 Å². The second-order valence-electron chi connectivity index (χ2n) is 4.88. The number of thioether (sulfide) groups is 1. The van der Waals surface area contributed by atoms with Crippen LogP contribution in [0.4, 0.5) is 8.78 Å². The zero-order valence-corrected chi connectivity index (χ0v) is 13.5. The minimum absolute atomic E-state index is 0.124. The van der Waals surface area contributed by atoms with Crippen LogP contribution in [0.15, 0.2) is 46.2 Å². The molecule has 1 aromatic carbocycles. The minimum Gasteiger partial charge on any atom is -0.469 e. The van der Waals surface area contributed by atoms with E-state index in [-0.39, 0.29) is 5.75 Å². The predicted octanol–water partition coefficient (Wildman–Crippen LogP) is 3.45. The van der Waals surface area contributed by atoms with Gasteiger partial charge in [-0.25, -0.2) is 4.68 Å². The van der Waals surface area contributed by atoms with Crippen molar-refractivity contribution in [3.63, 3.8) is 0 Å². The third kappa shape index (κ3) is 3.51. The first-order valence-electron chi connectivity index (χ1n) is 6.96. The number of furan rings is 1. The largest absolute Gasteiger partial charge is 0.469 e. The second-order valence-corrected chi connectivity index (χ2v) is 5.82. The van der Waals surface area contributed by atoms with Crippen molar-refractivity contribution < 1.29 is 17.9 Å². The standard InChI is InChI=1S/C15H14F2N4O2S/c1-9-12(6-7-22-9)13-19-20-15(21(13)18)24-8-10-2-4-11(5-3-10)23-14(16)17/h2-7,14H,8,18H2,1H3. The number of halogens is 2. The Morgan fingerprint density at radius 2 is 2.00 bits per heavy atom. The van der Waals surface area contributed by atoms with Crippen LogP contribution in [0.2, 0.25) is 0 Å². The quantitative estimate of drug-likeness (QED) is 0.541. The fraction of sp³-hybridized carbons (Fsp3) is 0.200. The Labute approximate surface area is 140 Å². The van der Waals surface area contributed by atoms with Gasteiger partial charge in [0.2, 0.25) is 5.16 Å². The van der Waals surface area contributed by atoms with Gasteiger partial charge in [0.1, 0.15) is 11.5 Å². The molecule has 0 atom stereocenters. The maximum Gasteiger partial charge on any atom is 0.387 e. The number of nitrogen functional groups attached to an aromatic ring is 1. The lowest BCUT2D eigenvalue weighted by atomic mass is 10.2. The van der Waals surface area contributed by atoms with Crippen molar-refractivity contribution in [2.24, 2.45) is 0 Å². The molecule has 0 unspecified atom stereocenters. The number of benzene rings is 1. The summed E-state index contributed by atoms with van der Waals surface area (Å²) < 4.78 is 35.2. The molecule has 0 fully saturated rings. The van der Waals surface area contributed by atoms with E-state index >= 15 is 0 Å². The van der Waals surface area contributed by atoms with Gasteiger partial charge in [-0.05, 0) is 30.7 Å². The van der Waals surface area contributed by atoms with E-state index in [1.54, 1.807) is 24.5 Å². The molecule has 0 radical (unpaired) electrons. The van der Waals surface area contributed by atoms with E-state index in [9.17, 15) is 8.78 Å². The fourth-order valence-electron chi connectivity index (χ4n) is 2.09. The van der Waals surface area contributed by atoms with E-state index in [2.05, 4.69) is 14.9 Å². The maximum absolute atomic E-state index is 12.1.